The summed E-state index contributed by atoms with van der Waals surface area (Å²) in [5, 5.41) is 19.0. The van der Waals surface area contributed by atoms with Gasteiger partial charge in [-0.3, -0.25) is 4.79 Å². The summed E-state index contributed by atoms with van der Waals surface area (Å²) in [6.07, 6.45) is 0. The topological polar surface area (TPSA) is 67.9 Å². The number of thiophene rings is 1. The Morgan fingerprint density at radius 1 is 1.19 bits per heavy atom. The third-order valence-corrected chi connectivity index (χ3v) is 4.79. The maximum atomic E-state index is 12.4. The van der Waals surface area contributed by atoms with Gasteiger partial charge in [0, 0.05) is 15.1 Å². The van der Waals surface area contributed by atoms with Crippen LogP contribution in [0.1, 0.15) is 9.67 Å². The SMILES string of the molecule is N#CCN(CC#N)C(=O)c1sc2cc(Cl)cc(Cl)c2c1Cl. The fourth-order valence-electron chi connectivity index (χ4n) is 1.76. The molecule has 21 heavy (non-hydrogen) atoms. The standard InChI is InChI=1S/C13H6Cl3N3OS/c14-7-5-8(15)10-9(6-7)21-12(11(10)16)13(20)19(3-1-17)4-2-18/h5-6H,3-4H2. The van der Waals surface area contributed by atoms with Crippen LogP contribution in [0.3, 0.4) is 0 Å². The maximum absolute atomic E-state index is 12.4. The molecule has 0 aliphatic heterocycles. The lowest BCUT2D eigenvalue weighted by molar-refractivity contribution is 0.0799. The minimum Gasteiger partial charge on any atom is -0.311 e. The summed E-state index contributed by atoms with van der Waals surface area (Å²) < 4.78 is 0.676. The first-order valence-corrected chi connectivity index (χ1v) is 7.54. The summed E-state index contributed by atoms with van der Waals surface area (Å²) in [4.78, 5) is 13.7. The van der Waals surface area contributed by atoms with Crippen LogP contribution >= 0.6 is 46.1 Å². The molecule has 0 aliphatic rings. The van der Waals surface area contributed by atoms with Gasteiger partial charge in [0.2, 0.25) is 0 Å². The highest BCUT2D eigenvalue weighted by Gasteiger charge is 2.23. The van der Waals surface area contributed by atoms with Gasteiger partial charge in [0.25, 0.3) is 5.91 Å². The van der Waals surface area contributed by atoms with Crippen LogP contribution in [0.25, 0.3) is 10.1 Å². The largest absolute Gasteiger partial charge is 0.311 e. The van der Waals surface area contributed by atoms with Gasteiger partial charge in [-0.1, -0.05) is 34.8 Å². The molecule has 0 atom stereocenters. The van der Waals surface area contributed by atoms with E-state index >= 15 is 0 Å². The van der Waals surface area contributed by atoms with E-state index in [9.17, 15) is 4.79 Å². The molecule has 0 fully saturated rings. The number of nitrogens with zero attached hydrogens (tertiary/aromatic N) is 3. The van der Waals surface area contributed by atoms with Crippen LogP contribution in [0.5, 0.6) is 0 Å². The van der Waals surface area contributed by atoms with E-state index in [0.29, 0.717) is 20.1 Å². The Kier molecular flexibility index (Phi) is 4.92. The molecular weight excluding hydrogens is 353 g/mol. The Bertz CT molecular complexity index is 788. The molecule has 0 saturated heterocycles. The highest BCUT2D eigenvalue weighted by molar-refractivity contribution is 7.21. The summed E-state index contributed by atoms with van der Waals surface area (Å²) in [6, 6.07) is 6.89. The highest BCUT2D eigenvalue weighted by Crippen LogP contribution is 2.41. The van der Waals surface area contributed by atoms with Gasteiger partial charge in [-0.05, 0) is 12.1 Å². The zero-order valence-corrected chi connectivity index (χ0v) is 13.4. The van der Waals surface area contributed by atoms with Crippen molar-refractivity contribution in [3.8, 4) is 12.1 Å². The zero-order chi connectivity index (χ0) is 15.6. The molecule has 8 heteroatoms. The molecule has 0 spiro atoms. The van der Waals surface area contributed by atoms with Crippen molar-refractivity contribution in [3.63, 3.8) is 0 Å². The molecule has 0 bridgehead atoms. The van der Waals surface area contributed by atoms with Gasteiger partial charge in [-0.15, -0.1) is 11.3 Å². The van der Waals surface area contributed by atoms with Crippen molar-refractivity contribution >= 4 is 62.1 Å². The first-order valence-electron chi connectivity index (χ1n) is 5.59. The Hall–Kier alpha value is -1.50. The third kappa shape index (κ3) is 3.07. The molecule has 106 valence electrons. The van der Waals surface area contributed by atoms with Gasteiger partial charge in [-0.25, -0.2) is 0 Å². The van der Waals surface area contributed by atoms with E-state index in [1.165, 1.54) is 0 Å². The Labute approximate surface area is 139 Å². The molecule has 0 saturated carbocycles. The molecule has 2 aromatic rings. The number of carbonyl (C=O) groups is 1. The predicted molar refractivity (Wildman–Crippen MR) is 84.0 cm³/mol. The number of rotatable bonds is 3. The number of hydrogen-bond donors (Lipinski definition) is 0. The number of amides is 1. The average molecular weight is 359 g/mol. The number of halogens is 3. The van der Waals surface area contributed by atoms with Gasteiger partial charge in [0.1, 0.15) is 18.0 Å². The third-order valence-electron chi connectivity index (χ3n) is 2.65. The summed E-state index contributed by atoms with van der Waals surface area (Å²) in [7, 11) is 0. The molecule has 0 unspecified atom stereocenters. The van der Waals surface area contributed by atoms with E-state index in [4.69, 9.17) is 45.3 Å². The molecule has 1 heterocycles. The molecule has 1 amide bonds. The number of fused-ring (bicyclic) bond motifs is 1. The van der Waals surface area contributed by atoms with Crippen LogP contribution < -0.4 is 0 Å². The van der Waals surface area contributed by atoms with E-state index < -0.39 is 5.91 Å². The fraction of sp³-hybridized carbons (Fsp3) is 0.154. The lowest BCUT2D eigenvalue weighted by Gasteiger charge is -2.14. The molecule has 0 aliphatic carbocycles. The van der Waals surface area contributed by atoms with Crippen LogP contribution in [0, 0.1) is 22.7 Å². The van der Waals surface area contributed by atoms with Gasteiger partial charge in [-0.2, -0.15) is 10.5 Å². The normalized spacial score (nSPS) is 10.1. The Balaban J connectivity index is 2.54. The second-order valence-electron chi connectivity index (χ2n) is 3.98. The summed E-state index contributed by atoms with van der Waals surface area (Å²) >= 11 is 19.4. The van der Waals surface area contributed by atoms with Crippen LogP contribution in [0.4, 0.5) is 0 Å². The first kappa shape index (κ1) is 15.9. The van der Waals surface area contributed by atoms with Crippen molar-refractivity contribution in [2.75, 3.05) is 13.1 Å². The predicted octanol–water partition coefficient (Wildman–Crippen LogP) is 4.35. The van der Waals surface area contributed by atoms with Gasteiger partial charge >= 0.3 is 0 Å². The van der Waals surface area contributed by atoms with Crippen molar-refractivity contribution in [2.45, 2.75) is 0 Å². The van der Waals surface area contributed by atoms with Crippen LogP contribution in [0.2, 0.25) is 15.1 Å². The molecular formula is C13H6Cl3N3OS. The van der Waals surface area contributed by atoms with E-state index in [1.54, 1.807) is 12.1 Å². The molecule has 2 rings (SSSR count). The molecule has 1 aromatic heterocycles. The molecule has 4 nitrogen and oxygen atoms in total. The lowest BCUT2D eigenvalue weighted by atomic mass is 10.2. The quantitative estimate of drug-likeness (QED) is 0.766. The van der Waals surface area contributed by atoms with E-state index in [2.05, 4.69) is 0 Å². The number of nitriles is 2. The highest BCUT2D eigenvalue weighted by atomic mass is 35.5. The summed E-state index contributed by atoms with van der Waals surface area (Å²) in [5.41, 5.74) is 0. The summed E-state index contributed by atoms with van der Waals surface area (Å²) in [5.74, 6) is -0.475. The molecule has 1 aromatic carbocycles. The maximum Gasteiger partial charge on any atom is 0.267 e. The van der Waals surface area contributed by atoms with Crippen molar-refractivity contribution in [1.29, 1.82) is 10.5 Å². The zero-order valence-electron chi connectivity index (χ0n) is 10.4. The van der Waals surface area contributed by atoms with Crippen LogP contribution in [-0.4, -0.2) is 23.9 Å². The van der Waals surface area contributed by atoms with Gasteiger partial charge < -0.3 is 4.90 Å². The minimum absolute atomic E-state index is 0.189. The van der Waals surface area contributed by atoms with Gasteiger partial charge in [0.05, 0.1) is 22.2 Å². The number of hydrogen-bond acceptors (Lipinski definition) is 4. The average Bonchev–Trinajstić information content (AvgIpc) is 2.74. The van der Waals surface area contributed by atoms with Crippen molar-refractivity contribution < 1.29 is 4.79 Å². The van der Waals surface area contributed by atoms with Crippen molar-refractivity contribution in [2.24, 2.45) is 0 Å². The summed E-state index contributed by atoms with van der Waals surface area (Å²) in [6.45, 7) is -0.378. The number of benzene rings is 1. The number of carbonyl (C=O) groups excluding carboxylic acids is 1. The molecule has 0 radical (unpaired) electrons. The smallest absolute Gasteiger partial charge is 0.267 e. The molecule has 0 N–H and O–H groups in total. The monoisotopic (exact) mass is 357 g/mol. The first-order chi connectivity index (χ1) is 9.99. The fourth-order valence-corrected chi connectivity index (χ4v) is 4.10. The second kappa shape index (κ2) is 6.51. The van der Waals surface area contributed by atoms with E-state index in [-0.39, 0.29) is 23.0 Å². The van der Waals surface area contributed by atoms with Crippen LogP contribution in [0.15, 0.2) is 12.1 Å². The Morgan fingerprint density at radius 3 is 2.38 bits per heavy atom. The van der Waals surface area contributed by atoms with Gasteiger partial charge in [0.15, 0.2) is 0 Å². The van der Waals surface area contributed by atoms with Crippen molar-refractivity contribution in [1.82, 2.24) is 4.90 Å². The lowest BCUT2D eigenvalue weighted by Crippen LogP contribution is -2.31. The van der Waals surface area contributed by atoms with Crippen LogP contribution in [-0.2, 0) is 0 Å². The van der Waals surface area contributed by atoms with E-state index in [1.807, 2.05) is 12.1 Å². The minimum atomic E-state index is -0.475. The Morgan fingerprint density at radius 2 is 1.81 bits per heavy atom. The second-order valence-corrected chi connectivity index (χ2v) is 6.26. The van der Waals surface area contributed by atoms with Crippen molar-refractivity contribution in [3.05, 3.63) is 32.1 Å². The van der Waals surface area contributed by atoms with E-state index in [0.717, 1.165) is 16.2 Å².